The first-order valence-corrected chi connectivity index (χ1v) is 16.2. The van der Waals surface area contributed by atoms with Gasteiger partial charge in [0.05, 0.1) is 19.0 Å². The van der Waals surface area contributed by atoms with Crippen LogP contribution in [0, 0.1) is 10.6 Å². The highest BCUT2D eigenvalue weighted by Crippen LogP contribution is 2.47. The number of H-pyrrole nitrogens is 1. The third kappa shape index (κ3) is 8.42. The van der Waals surface area contributed by atoms with Gasteiger partial charge in [-0.15, -0.1) is 0 Å². The number of nitrogen functional groups attached to an aromatic ring is 1. The molecule has 0 spiro atoms. The number of fused-ring (bicyclic) bond motifs is 1. The van der Waals surface area contributed by atoms with Crippen LogP contribution >= 0.6 is 20.0 Å². The Morgan fingerprint density at radius 2 is 1.93 bits per heavy atom. The molecular weight excluding hydrogens is 611 g/mol. The lowest BCUT2D eigenvalue weighted by atomic mass is 10.0. The van der Waals surface area contributed by atoms with Crippen molar-refractivity contribution in [3.05, 3.63) is 41.3 Å². The van der Waals surface area contributed by atoms with E-state index in [1.807, 2.05) is 13.8 Å². The Labute approximate surface area is 261 Å². The largest absolute Gasteiger partial charge is 0.462 e. The van der Waals surface area contributed by atoms with E-state index < -0.39 is 44.0 Å². The molecule has 1 aliphatic heterocycles. The molecule has 0 amide bonds. The molecule has 14 nitrogen and oxygen atoms in total. The summed E-state index contributed by atoms with van der Waals surface area (Å²) in [6.07, 6.45) is -0.952. The van der Waals surface area contributed by atoms with E-state index in [0.29, 0.717) is 22.2 Å². The fourth-order valence-corrected chi connectivity index (χ4v) is 6.50. The maximum absolute atomic E-state index is 14.3. The average Bonchev–Trinajstić information content (AvgIpc) is 3.48. The molecule has 0 saturated carbocycles. The fourth-order valence-electron chi connectivity index (χ4n) is 4.73. The number of aromatic nitrogens is 4. The summed E-state index contributed by atoms with van der Waals surface area (Å²) >= 11 is 5.36. The molecule has 1 saturated heterocycles. The van der Waals surface area contributed by atoms with Gasteiger partial charge < -0.3 is 34.2 Å². The highest BCUT2D eigenvalue weighted by Gasteiger charge is 2.48. The van der Waals surface area contributed by atoms with Gasteiger partial charge >= 0.3 is 13.7 Å². The molecule has 0 radical (unpaired) electrons. The molecule has 1 fully saturated rings. The normalized spacial score (nSPS) is 20.9. The van der Waals surface area contributed by atoms with Crippen LogP contribution in [0.2, 0.25) is 0 Å². The van der Waals surface area contributed by atoms with Gasteiger partial charge in [-0.05, 0) is 52.2 Å². The first-order chi connectivity index (χ1) is 20.7. The highest BCUT2D eigenvalue weighted by molar-refractivity contribution is 7.71. The number of anilines is 1. The van der Waals surface area contributed by atoms with Crippen LogP contribution in [-0.2, 0) is 32.8 Å². The van der Waals surface area contributed by atoms with Gasteiger partial charge in [-0.2, -0.15) is 10.1 Å². The first-order valence-electron chi connectivity index (χ1n) is 14.3. The van der Waals surface area contributed by atoms with Crippen molar-refractivity contribution >= 4 is 43.0 Å². The predicted octanol–water partition coefficient (Wildman–Crippen LogP) is 4.90. The number of para-hydroxylation sites is 1. The topological polar surface area (TPSA) is 174 Å². The van der Waals surface area contributed by atoms with E-state index in [9.17, 15) is 9.36 Å². The van der Waals surface area contributed by atoms with Gasteiger partial charge in [-0.3, -0.25) is 13.9 Å². The molecular formula is C28H41N6O8PS. The molecule has 0 aliphatic carbocycles. The molecule has 3 unspecified atom stereocenters. The van der Waals surface area contributed by atoms with Crippen LogP contribution in [0.1, 0.15) is 54.2 Å². The van der Waals surface area contributed by atoms with Crippen LogP contribution in [0.4, 0.5) is 5.95 Å². The molecule has 3 aromatic rings. The molecule has 2 aromatic heterocycles. The van der Waals surface area contributed by atoms with E-state index in [4.69, 9.17) is 45.9 Å². The number of hydrogen-bond acceptors (Lipinski definition) is 12. The lowest BCUT2D eigenvalue weighted by Gasteiger charge is -2.29. The van der Waals surface area contributed by atoms with Crippen LogP contribution in [0.3, 0.4) is 0 Å². The summed E-state index contributed by atoms with van der Waals surface area (Å²) in [5.41, 5.74) is 6.74. The number of hydrogen-bond donors (Lipinski definition) is 3. The van der Waals surface area contributed by atoms with Crippen molar-refractivity contribution in [2.75, 3.05) is 19.5 Å². The molecule has 0 bridgehead atoms. The van der Waals surface area contributed by atoms with Gasteiger partial charge in [0.15, 0.2) is 17.7 Å². The van der Waals surface area contributed by atoms with Gasteiger partial charge in [0.2, 0.25) is 5.95 Å². The van der Waals surface area contributed by atoms with Gasteiger partial charge in [0.25, 0.3) is 0 Å². The van der Waals surface area contributed by atoms with Crippen molar-refractivity contribution in [2.24, 2.45) is 5.92 Å². The number of benzene rings is 1. The predicted molar refractivity (Wildman–Crippen MR) is 165 cm³/mol. The number of nitrogens with two attached hydrogens (primary N) is 1. The lowest BCUT2D eigenvalue weighted by molar-refractivity contribution is -0.162. The zero-order valence-corrected chi connectivity index (χ0v) is 27.6. The molecule has 1 aliphatic rings. The minimum absolute atomic E-state index is 0.0667. The number of ether oxygens (including phenoxy) is 4. The Morgan fingerprint density at radius 1 is 1.23 bits per heavy atom. The van der Waals surface area contributed by atoms with Crippen LogP contribution in [0.15, 0.2) is 36.7 Å². The van der Waals surface area contributed by atoms with Gasteiger partial charge in [0, 0.05) is 7.11 Å². The van der Waals surface area contributed by atoms with E-state index in [1.54, 1.807) is 62.6 Å². The summed E-state index contributed by atoms with van der Waals surface area (Å²) < 4.78 is 51.9. The Bertz CT molecular complexity index is 1530. The minimum atomic E-state index is -4.22. The second-order valence-corrected chi connectivity index (χ2v) is 13.6. The van der Waals surface area contributed by atoms with Crippen molar-refractivity contribution in [1.29, 1.82) is 0 Å². The monoisotopic (exact) mass is 652 g/mol. The first kappa shape index (κ1) is 34.0. The Kier molecular flexibility index (Phi) is 10.8. The summed E-state index contributed by atoms with van der Waals surface area (Å²) in [6, 6.07) is 7.56. The fraction of sp³-hybridized carbons (Fsp3) is 0.571. The molecule has 4 rings (SSSR count). The molecule has 1 aromatic carbocycles. The van der Waals surface area contributed by atoms with Crippen molar-refractivity contribution in [3.63, 3.8) is 0 Å². The van der Waals surface area contributed by atoms with E-state index >= 15 is 0 Å². The minimum Gasteiger partial charge on any atom is -0.462 e. The number of carbonyl (C=O) groups excluding carboxylic acids is 1. The number of nitrogens with zero attached hydrogens (tertiary/aromatic N) is 3. The molecule has 16 heteroatoms. The summed E-state index contributed by atoms with van der Waals surface area (Å²) in [6.45, 7) is 10.6. The zero-order chi connectivity index (χ0) is 32.2. The van der Waals surface area contributed by atoms with Crippen molar-refractivity contribution in [3.8, 4) is 5.75 Å². The summed E-state index contributed by atoms with van der Waals surface area (Å²) in [4.78, 5) is 24.5. The smallest absolute Gasteiger partial charge is 0.459 e. The third-order valence-corrected chi connectivity index (χ3v) is 8.40. The van der Waals surface area contributed by atoms with Crippen molar-refractivity contribution in [2.45, 2.75) is 84.3 Å². The van der Waals surface area contributed by atoms with E-state index in [0.717, 1.165) is 0 Å². The highest BCUT2D eigenvalue weighted by atomic mass is 32.1. The number of nitrogens with one attached hydrogen (secondary N) is 2. The molecule has 44 heavy (non-hydrogen) atoms. The number of rotatable bonds is 14. The maximum atomic E-state index is 14.3. The molecule has 5 atom stereocenters. The number of aromatic amines is 1. The number of methoxy groups -OCH3 is 1. The molecule has 242 valence electrons. The van der Waals surface area contributed by atoms with E-state index in [-0.39, 0.29) is 30.3 Å². The summed E-state index contributed by atoms with van der Waals surface area (Å²) in [7, 11) is -2.75. The van der Waals surface area contributed by atoms with Crippen LogP contribution in [0.25, 0.3) is 11.2 Å². The molecule has 3 heterocycles. The van der Waals surface area contributed by atoms with Gasteiger partial charge in [-0.1, -0.05) is 44.3 Å². The zero-order valence-electron chi connectivity index (χ0n) is 25.9. The quantitative estimate of drug-likeness (QED) is 0.122. The standard InChI is InChI=1S/C28H41N6O8PS/c1-16(2)13-19(26(35)39-17(3)4)33-43(36,42-18-11-9-8-10-12-18)38-14-20(37-7)22-25(41-28(5,6)40-22)34-15-30-21-23(34)31-27(29)32-24(21)44/h8-12,15-17,19-20,22,25H,13-14H2,1-7H3,(H,33,36)(H3,29,31,32,44)/t19-,20+,22?,25?,43?/m0/s1. The Hall–Kier alpha value is -2.91. The van der Waals surface area contributed by atoms with Gasteiger partial charge in [0.1, 0.15) is 34.2 Å². The summed E-state index contributed by atoms with van der Waals surface area (Å²) in [5.74, 6) is -1.15. The lowest BCUT2D eigenvalue weighted by Crippen LogP contribution is -2.41. The maximum Gasteiger partial charge on any atom is 0.459 e. The van der Waals surface area contributed by atoms with Crippen LogP contribution in [-0.4, -0.2) is 69.3 Å². The van der Waals surface area contributed by atoms with Crippen LogP contribution < -0.4 is 15.3 Å². The Balaban J connectivity index is 1.63. The number of esters is 1. The number of carbonyl (C=O) groups is 1. The third-order valence-electron chi connectivity index (χ3n) is 6.53. The van der Waals surface area contributed by atoms with Gasteiger partial charge in [-0.25, -0.2) is 9.55 Å². The van der Waals surface area contributed by atoms with Crippen molar-refractivity contribution < 1.29 is 37.4 Å². The van der Waals surface area contributed by atoms with E-state index in [2.05, 4.69) is 20.0 Å². The SMILES string of the molecule is CO[C@H](COP(=O)(N[C@@H](CC(C)C)C(=O)OC(C)C)Oc1ccccc1)C1OC(C)(C)OC1n1cnc2c(=S)[nH]c(N)nc21. The van der Waals surface area contributed by atoms with Crippen molar-refractivity contribution in [1.82, 2.24) is 24.6 Å². The second-order valence-electron chi connectivity index (χ2n) is 11.5. The molecule has 4 N–H and O–H groups in total. The van der Waals surface area contributed by atoms with E-state index in [1.165, 1.54) is 13.4 Å². The average molecular weight is 653 g/mol. The summed E-state index contributed by atoms with van der Waals surface area (Å²) in [5, 5.41) is 2.83. The Morgan fingerprint density at radius 3 is 2.57 bits per heavy atom. The second kappa shape index (κ2) is 14.0. The van der Waals surface area contributed by atoms with Crippen LogP contribution in [0.5, 0.6) is 5.75 Å². The number of imidazole rings is 1.